The van der Waals surface area contributed by atoms with Gasteiger partial charge >= 0.3 is 0 Å². The van der Waals surface area contributed by atoms with Crippen molar-refractivity contribution in [1.82, 2.24) is 24.2 Å². The van der Waals surface area contributed by atoms with E-state index in [0.29, 0.717) is 43.2 Å². The molecule has 4 heterocycles. The number of benzene rings is 1. The third-order valence-electron chi connectivity index (χ3n) is 6.68. The molecule has 3 aromatic heterocycles. The number of rotatable bonds is 8. The predicted molar refractivity (Wildman–Crippen MR) is 136 cm³/mol. The highest BCUT2D eigenvalue weighted by molar-refractivity contribution is 6.33. The van der Waals surface area contributed by atoms with Crippen molar-refractivity contribution in [3.63, 3.8) is 0 Å². The number of anilines is 2. The van der Waals surface area contributed by atoms with Gasteiger partial charge in [0.05, 0.1) is 30.5 Å². The fourth-order valence-electron chi connectivity index (χ4n) is 4.76. The first-order valence-electron chi connectivity index (χ1n) is 11.8. The minimum absolute atomic E-state index is 0.00705. The maximum Gasteiger partial charge on any atom is 0.175 e. The maximum atomic E-state index is 15.7. The molecule has 0 fully saturated rings. The van der Waals surface area contributed by atoms with Crippen molar-refractivity contribution in [2.75, 3.05) is 19.0 Å². The highest BCUT2D eigenvalue weighted by atomic mass is 35.5. The SMILES string of the molecule is COC[C@H]1Cn2cc(-c3c(Cl)cnc(Nc4ccnn4C)c3F)cc2CN1Cc1cc(F)ccc1CO. The van der Waals surface area contributed by atoms with Crippen LogP contribution in [-0.2, 0) is 38.0 Å². The topological polar surface area (TPSA) is 80.4 Å². The summed E-state index contributed by atoms with van der Waals surface area (Å²) >= 11 is 6.43. The molecule has 0 bridgehead atoms. The summed E-state index contributed by atoms with van der Waals surface area (Å²) in [4.78, 5) is 6.32. The van der Waals surface area contributed by atoms with Crippen LogP contribution in [0.25, 0.3) is 11.1 Å². The lowest BCUT2D eigenvalue weighted by Crippen LogP contribution is -2.44. The summed E-state index contributed by atoms with van der Waals surface area (Å²) in [7, 11) is 3.38. The number of methoxy groups -OCH3 is 1. The van der Waals surface area contributed by atoms with Gasteiger partial charge in [0.25, 0.3) is 0 Å². The monoisotopic (exact) mass is 528 g/mol. The van der Waals surface area contributed by atoms with Gasteiger partial charge in [-0.25, -0.2) is 13.8 Å². The summed E-state index contributed by atoms with van der Waals surface area (Å²) in [6.45, 7) is 1.84. The first-order valence-corrected chi connectivity index (χ1v) is 12.1. The van der Waals surface area contributed by atoms with Crippen LogP contribution in [0.1, 0.15) is 16.8 Å². The Balaban J connectivity index is 1.46. The van der Waals surface area contributed by atoms with Crippen molar-refractivity contribution >= 4 is 23.2 Å². The second-order valence-corrected chi connectivity index (χ2v) is 9.47. The van der Waals surface area contributed by atoms with Crippen LogP contribution in [-0.4, -0.2) is 49.1 Å². The molecule has 0 amide bonds. The molecule has 4 aromatic rings. The Morgan fingerprint density at radius 1 is 1.22 bits per heavy atom. The highest BCUT2D eigenvalue weighted by Crippen LogP contribution is 2.36. The number of aromatic nitrogens is 4. The van der Waals surface area contributed by atoms with Gasteiger partial charge in [-0.2, -0.15) is 5.10 Å². The quantitative estimate of drug-likeness (QED) is 0.351. The Morgan fingerprint density at radius 2 is 2.05 bits per heavy atom. The fourth-order valence-corrected chi connectivity index (χ4v) is 5.00. The van der Waals surface area contributed by atoms with Gasteiger partial charge in [0.2, 0.25) is 0 Å². The molecule has 1 aliphatic heterocycles. The number of pyridine rings is 1. The van der Waals surface area contributed by atoms with Gasteiger partial charge in [-0.05, 0) is 29.3 Å². The Hall–Kier alpha value is -3.31. The fraction of sp³-hybridized carbons (Fsp3) is 0.308. The third-order valence-corrected chi connectivity index (χ3v) is 6.96. The number of nitrogens with zero attached hydrogens (tertiary/aromatic N) is 5. The molecule has 0 unspecified atom stereocenters. The van der Waals surface area contributed by atoms with E-state index in [1.807, 2.05) is 12.3 Å². The molecule has 1 atom stereocenters. The molecule has 0 aliphatic carbocycles. The van der Waals surface area contributed by atoms with E-state index < -0.39 is 5.82 Å². The minimum Gasteiger partial charge on any atom is -0.392 e. The summed E-state index contributed by atoms with van der Waals surface area (Å²) in [6, 6.07) is 8.03. The molecule has 0 saturated carbocycles. The Kier molecular flexibility index (Phi) is 7.25. The summed E-state index contributed by atoms with van der Waals surface area (Å²) in [6.07, 6.45) is 4.92. The average molecular weight is 529 g/mol. The number of nitrogens with one attached hydrogen (secondary N) is 1. The lowest BCUT2D eigenvalue weighted by molar-refractivity contribution is 0.0536. The number of hydrogen-bond acceptors (Lipinski definition) is 6. The lowest BCUT2D eigenvalue weighted by Gasteiger charge is -2.36. The molecule has 11 heteroatoms. The largest absolute Gasteiger partial charge is 0.392 e. The van der Waals surface area contributed by atoms with Crippen molar-refractivity contribution in [2.45, 2.75) is 32.3 Å². The number of ether oxygens (including phenoxy) is 1. The van der Waals surface area contributed by atoms with E-state index in [0.717, 1.165) is 11.3 Å². The van der Waals surface area contributed by atoms with E-state index >= 15 is 4.39 Å². The van der Waals surface area contributed by atoms with Crippen LogP contribution in [0.3, 0.4) is 0 Å². The molecule has 1 aliphatic rings. The number of aliphatic hydroxyl groups is 1. The molecule has 0 spiro atoms. The molecule has 1 aromatic carbocycles. The molecule has 5 rings (SSSR count). The van der Waals surface area contributed by atoms with Gasteiger partial charge in [-0.3, -0.25) is 9.58 Å². The van der Waals surface area contributed by atoms with Crippen molar-refractivity contribution in [1.29, 1.82) is 0 Å². The van der Waals surface area contributed by atoms with Crippen LogP contribution in [0.4, 0.5) is 20.4 Å². The van der Waals surface area contributed by atoms with Crippen LogP contribution in [0.15, 0.2) is 48.9 Å². The van der Waals surface area contributed by atoms with E-state index in [4.69, 9.17) is 16.3 Å². The van der Waals surface area contributed by atoms with Gasteiger partial charge in [-0.1, -0.05) is 17.7 Å². The first kappa shape index (κ1) is 25.3. The normalized spacial score (nSPS) is 15.7. The van der Waals surface area contributed by atoms with Crippen LogP contribution >= 0.6 is 11.6 Å². The van der Waals surface area contributed by atoms with Crippen LogP contribution in [0.5, 0.6) is 0 Å². The standard InChI is InChI=1S/C26H27ClF2N6O2/c1-33-23(5-6-31-33)32-26-25(29)24(22(27)9-30-26)18-8-20-12-35(21(15-37-2)13-34(20)11-18)10-17-7-19(28)4-3-16(17)14-36/h3-9,11,21,36H,10,12-15H2,1-2H3,(H,30,32)/t21-/m1/s1. The van der Waals surface area contributed by atoms with Gasteiger partial charge in [0.1, 0.15) is 11.6 Å². The lowest BCUT2D eigenvalue weighted by atomic mass is 10.0. The number of hydrogen-bond donors (Lipinski definition) is 2. The van der Waals surface area contributed by atoms with Crippen molar-refractivity contribution in [2.24, 2.45) is 7.05 Å². The van der Waals surface area contributed by atoms with E-state index in [9.17, 15) is 9.50 Å². The molecule has 0 saturated heterocycles. The number of aliphatic hydroxyl groups excluding tert-OH is 1. The van der Waals surface area contributed by atoms with Gasteiger partial charge in [-0.15, -0.1) is 0 Å². The average Bonchev–Trinajstić information content (AvgIpc) is 3.46. The smallest absolute Gasteiger partial charge is 0.175 e. The van der Waals surface area contributed by atoms with Crippen molar-refractivity contribution in [3.8, 4) is 11.1 Å². The van der Waals surface area contributed by atoms with E-state index in [-0.39, 0.29) is 34.9 Å². The first-order chi connectivity index (χ1) is 17.9. The molecular weight excluding hydrogens is 502 g/mol. The number of aryl methyl sites for hydroxylation is 1. The molecular formula is C26H27ClF2N6O2. The highest BCUT2D eigenvalue weighted by Gasteiger charge is 2.29. The van der Waals surface area contributed by atoms with Crippen LogP contribution < -0.4 is 5.32 Å². The van der Waals surface area contributed by atoms with Crippen molar-refractivity contribution in [3.05, 3.63) is 82.4 Å². The zero-order valence-electron chi connectivity index (χ0n) is 20.5. The molecule has 8 nitrogen and oxygen atoms in total. The number of fused-ring (bicyclic) bond motifs is 1. The zero-order valence-corrected chi connectivity index (χ0v) is 21.2. The summed E-state index contributed by atoms with van der Waals surface area (Å²) in [5, 5.41) is 17.0. The van der Waals surface area contributed by atoms with Crippen molar-refractivity contribution < 1.29 is 18.6 Å². The summed E-state index contributed by atoms with van der Waals surface area (Å²) < 4.78 is 38.7. The Labute approximate surface area is 218 Å². The second-order valence-electron chi connectivity index (χ2n) is 9.07. The zero-order chi connectivity index (χ0) is 26.1. The Morgan fingerprint density at radius 3 is 2.78 bits per heavy atom. The number of halogens is 3. The molecule has 37 heavy (non-hydrogen) atoms. The minimum atomic E-state index is -0.561. The predicted octanol–water partition coefficient (Wildman–Crippen LogP) is 4.48. The van der Waals surface area contributed by atoms with Gasteiger partial charge < -0.3 is 19.7 Å². The summed E-state index contributed by atoms with van der Waals surface area (Å²) in [5.41, 5.74) is 3.24. The summed E-state index contributed by atoms with van der Waals surface area (Å²) in [5.74, 6) is -0.270. The van der Waals surface area contributed by atoms with Crippen LogP contribution in [0, 0.1) is 11.6 Å². The van der Waals surface area contributed by atoms with E-state index in [2.05, 4.69) is 24.9 Å². The van der Waals surface area contributed by atoms with E-state index in [1.54, 1.807) is 37.2 Å². The van der Waals surface area contributed by atoms with Gasteiger partial charge in [0, 0.05) is 69.1 Å². The van der Waals surface area contributed by atoms with Crippen LogP contribution in [0.2, 0.25) is 5.02 Å². The molecule has 194 valence electrons. The molecule has 0 radical (unpaired) electrons. The van der Waals surface area contributed by atoms with Gasteiger partial charge in [0.15, 0.2) is 11.6 Å². The van der Waals surface area contributed by atoms with E-state index in [1.165, 1.54) is 18.3 Å². The third kappa shape index (κ3) is 5.10. The molecule has 2 N–H and O–H groups in total. The Bertz CT molecular complexity index is 1420. The maximum absolute atomic E-state index is 15.7. The second kappa shape index (κ2) is 10.6.